The average Bonchev–Trinajstić information content (AvgIpc) is 0.776. The third kappa shape index (κ3) is 22.8. The van der Waals surface area contributed by atoms with Crippen molar-refractivity contribution >= 4 is 128 Å². The molecule has 2 amide bonds. The van der Waals surface area contributed by atoms with Crippen LogP contribution in [0.4, 0.5) is 22.7 Å². The van der Waals surface area contributed by atoms with Crippen molar-refractivity contribution in [2.45, 2.75) is 118 Å². The molecule has 0 fully saturated rings. The summed E-state index contributed by atoms with van der Waals surface area (Å²) in [5.41, 5.74) is 8.64. The van der Waals surface area contributed by atoms with E-state index in [9.17, 15) is 60.1 Å². The maximum Gasteiger partial charge on any atom is 0.337 e. The number of aromatic hydroxyl groups is 4. The highest BCUT2D eigenvalue weighted by Gasteiger charge is 2.29. The lowest BCUT2D eigenvalue weighted by atomic mass is 9.86. The van der Waals surface area contributed by atoms with Gasteiger partial charge in [-0.3, -0.25) is 28.5 Å². The predicted molar refractivity (Wildman–Crippen MR) is 461 cm³/mol. The Morgan fingerprint density at radius 2 is 0.757 bits per heavy atom. The summed E-state index contributed by atoms with van der Waals surface area (Å²) in [5.74, 6) is 1.14. The molecule has 24 nitrogen and oxygen atoms in total. The van der Waals surface area contributed by atoms with Gasteiger partial charge in [-0.1, -0.05) is 184 Å². The molecule has 4 unspecified atom stereocenters. The number of phenolic OH excluding ortho intramolecular Hbond substituents is 4. The van der Waals surface area contributed by atoms with Gasteiger partial charge in [-0.15, -0.1) is 0 Å². The number of fused-ring (bicyclic) bond motifs is 3. The molecular formula is C86H98N6O18S5. The number of methoxy groups -OCH3 is 1. The monoisotopic (exact) mass is 1660 g/mol. The van der Waals surface area contributed by atoms with Crippen molar-refractivity contribution in [2.75, 3.05) is 60.4 Å². The third-order valence-electron chi connectivity index (χ3n) is 18.0. The molecule has 11 aromatic rings. The lowest BCUT2D eigenvalue weighted by molar-refractivity contribution is 0.0599. The normalized spacial score (nSPS) is 12.3. The van der Waals surface area contributed by atoms with E-state index in [4.69, 9.17) is 16.7 Å². The molecule has 0 aliphatic heterocycles. The molecule has 0 radical (unpaired) electrons. The molecule has 0 saturated heterocycles. The molecule has 11 aromatic carbocycles. The Morgan fingerprint density at radius 3 is 1.17 bits per heavy atom. The second-order valence-corrected chi connectivity index (χ2v) is 34.1. The van der Waals surface area contributed by atoms with Crippen molar-refractivity contribution in [1.82, 2.24) is 9.80 Å². The number of hydrogen-bond acceptors (Lipinski definition) is 18. The zero-order valence-corrected chi connectivity index (χ0v) is 71.3. The quantitative estimate of drug-likeness (QED) is 0.0195. The fourth-order valence-corrected chi connectivity index (χ4v) is 15.6. The molecule has 0 aromatic heterocycles. The number of amides is 2. The smallest absolute Gasteiger partial charge is 0.337 e. The highest BCUT2D eigenvalue weighted by molar-refractivity contribution is 7.90. The van der Waals surface area contributed by atoms with Gasteiger partial charge in [-0.2, -0.15) is 16.8 Å². The predicted octanol–water partition coefficient (Wildman–Crippen LogP) is 18.1. The minimum absolute atomic E-state index is 0.00841. The summed E-state index contributed by atoms with van der Waals surface area (Å²) in [6.07, 6.45) is 1.09. The van der Waals surface area contributed by atoms with Crippen molar-refractivity contribution in [3.05, 3.63) is 244 Å². The average molecular weight is 1660 g/mol. The van der Waals surface area contributed by atoms with Crippen LogP contribution in [0, 0.1) is 13.8 Å². The summed E-state index contributed by atoms with van der Waals surface area (Å²) in [4.78, 5) is 39.8. The van der Waals surface area contributed by atoms with Crippen LogP contribution in [-0.4, -0.2) is 115 Å². The Bertz CT molecular complexity index is 5570. The lowest BCUT2D eigenvalue weighted by Crippen LogP contribution is -2.23. The molecule has 0 bridgehead atoms. The van der Waals surface area contributed by atoms with Gasteiger partial charge in [0.25, 0.3) is 11.8 Å². The molecule has 29 heteroatoms. The molecule has 11 rings (SSSR count). The number of phenols is 4. The molecule has 0 spiro atoms. The van der Waals surface area contributed by atoms with Gasteiger partial charge in [0.2, 0.25) is 0 Å². The summed E-state index contributed by atoms with van der Waals surface area (Å²) >= 11 is -7.66. The van der Waals surface area contributed by atoms with E-state index in [2.05, 4.69) is 77.3 Å². The van der Waals surface area contributed by atoms with Crippen molar-refractivity contribution in [1.29, 1.82) is 0 Å². The number of aryl methyl sites for hydroxylation is 2. The number of nitrogens with zero attached hydrogens (tertiary/aromatic N) is 2. The van der Waals surface area contributed by atoms with E-state index in [1.165, 1.54) is 58.9 Å². The molecular weight excluding hydrogens is 1570 g/mol. The number of carbonyl (C=O) groups is 3. The number of sulfone groups is 1. The molecule has 8 N–H and O–H groups in total. The van der Waals surface area contributed by atoms with E-state index in [0.717, 1.165) is 28.3 Å². The van der Waals surface area contributed by atoms with Crippen LogP contribution in [0.2, 0.25) is 0 Å². The number of rotatable bonds is 25. The first-order valence-corrected chi connectivity index (χ1v) is 42.7. The molecule has 610 valence electrons. The molecule has 115 heavy (non-hydrogen) atoms. The van der Waals surface area contributed by atoms with Crippen LogP contribution in [0.15, 0.2) is 193 Å². The first-order valence-electron chi connectivity index (χ1n) is 36.5. The van der Waals surface area contributed by atoms with Crippen molar-refractivity contribution in [3.8, 4) is 46.0 Å². The number of para-hydroxylation sites is 1. The Morgan fingerprint density at radius 1 is 0.391 bits per heavy atom. The van der Waals surface area contributed by atoms with Crippen LogP contribution in [-0.2, 0) is 59.6 Å². The molecule has 0 heterocycles. The summed E-state index contributed by atoms with van der Waals surface area (Å²) in [6, 6.07) is 53.0. The second kappa shape index (κ2) is 39.7. The van der Waals surface area contributed by atoms with Gasteiger partial charge in [0, 0.05) is 78.4 Å². The zero-order valence-electron chi connectivity index (χ0n) is 67.2. The maximum absolute atomic E-state index is 13.5. The number of benzene rings is 11. The molecule has 4 atom stereocenters. The molecule has 0 aliphatic carbocycles. The third-order valence-corrected chi connectivity index (χ3v) is 22.0. The number of hydrogen-bond donors (Lipinski definition) is 8. The highest BCUT2D eigenvalue weighted by atomic mass is 32.2. The van der Waals surface area contributed by atoms with E-state index >= 15 is 0 Å². The SMILES string of the molecule is CC(C)c1cc(C(C)C)c(OS(=O)Nc2cc(C(=O)N(C)C)c(O)c(C(C)C)c2C(C)C)c(C(C)C)c1.COC(=O)c1cccc(OS(=O)Nc2cc(C(=O)N(C)C)c(O)c3ccccc23)c1.Cc1cc(NS(=O)Oc2cccc(S(C)(=O)=O)c2)c2ccccc2c1O.Cc1cc(NS(=O)Oc2ccccc2)c2ccccc2c1O. The van der Waals surface area contributed by atoms with E-state index in [0.29, 0.717) is 83.8 Å². The Labute approximate surface area is 682 Å². The molecule has 0 aliphatic rings. The summed E-state index contributed by atoms with van der Waals surface area (Å²) in [5, 5.41) is 45.7. The second-order valence-electron chi connectivity index (χ2n) is 28.7. The standard InChI is InChI=1S/C30H46N2O4S.C21H20N2O6S.C18H17NO5S2.C17H15NO3S/c1-16(2)21-13-22(17(3)4)29(23(14-21)18(5)6)36-37(35)31-25-15-24(30(34)32(11)12)28(33)27(20(9)10)26(25)19(7)8;1-23(2)20(25)17-12-18(15-9-4-5-10-16(15)19(17)24)22-30(27)29-14-8-6-7-13(11-14)21(26)28-3;1-12-10-17(15-8-3-4-9-16(15)18(12)20)19-25(21)24-13-6-5-7-14(11-13)26(2,22)23;1-12-11-16(14-9-5-6-10-15(14)17(12)19)18-22(20)21-13-7-3-2-4-8-13/h13-20,31,33H,1-12H3;4-12,22,24H,1-3H3;3-11,19-20H,1-2H3;2-11,18-19H,1H3. The zero-order chi connectivity index (χ0) is 84.6. The Balaban J connectivity index is 0.000000195. The van der Waals surface area contributed by atoms with E-state index in [-0.39, 0.29) is 85.7 Å². The topological polar surface area (TPSA) is 335 Å². The summed E-state index contributed by atoms with van der Waals surface area (Å²) < 4.78 is 112. The lowest BCUT2D eigenvalue weighted by Gasteiger charge is -2.25. The minimum Gasteiger partial charge on any atom is -0.507 e. The van der Waals surface area contributed by atoms with Gasteiger partial charge < -0.3 is 51.7 Å². The number of ether oxygens (including phenoxy) is 1. The van der Waals surface area contributed by atoms with Crippen molar-refractivity contribution in [3.63, 3.8) is 0 Å². The van der Waals surface area contributed by atoms with Crippen LogP contribution < -0.4 is 35.6 Å². The number of nitrogens with one attached hydrogen (secondary N) is 4. The van der Waals surface area contributed by atoms with Gasteiger partial charge in [-0.25, -0.2) is 13.2 Å². The van der Waals surface area contributed by atoms with Gasteiger partial charge in [0.05, 0.1) is 51.4 Å². The van der Waals surface area contributed by atoms with Gasteiger partial charge in [0.15, 0.2) is 9.84 Å². The van der Waals surface area contributed by atoms with Crippen molar-refractivity contribution in [2.24, 2.45) is 0 Å². The van der Waals surface area contributed by atoms with E-state index in [1.54, 1.807) is 133 Å². The van der Waals surface area contributed by atoms with Crippen LogP contribution in [0.1, 0.15) is 169 Å². The van der Waals surface area contributed by atoms with Crippen LogP contribution in [0.3, 0.4) is 0 Å². The van der Waals surface area contributed by atoms with E-state index < -0.39 is 66.8 Å². The van der Waals surface area contributed by atoms with Crippen LogP contribution >= 0.6 is 0 Å². The Hall–Kier alpha value is -11.2. The fourth-order valence-electron chi connectivity index (χ4n) is 12.2. The first-order chi connectivity index (χ1) is 54.3. The number of carbonyl (C=O) groups excluding carboxylic acids is 3. The largest absolute Gasteiger partial charge is 0.507 e. The highest BCUT2D eigenvalue weighted by Crippen LogP contribution is 2.44. The summed E-state index contributed by atoms with van der Waals surface area (Å²) in [7, 11) is 4.30. The van der Waals surface area contributed by atoms with Gasteiger partial charge in [-0.05, 0) is 144 Å². The fraction of sp³-hybridized carbons (Fsp3) is 0.267. The van der Waals surface area contributed by atoms with Gasteiger partial charge >= 0.3 is 51.0 Å². The number of anilines is 4. The summed E-state index contributed by atoms with van der Waals surface area (Å²) in [6.45, 7) is 24.3. The van der Waals surface area contributed by atoms with Gasteiger partial charge in [0.1, 0.15) is 46.0 Å². The Kier molecular flexibility index (Phi) is 30.8. The number of esters is 1. The van der Waals surface area contributed by atoms with Crippen LogP contribution in [0.25, 0.3) is 32.3 Å². The minimum atomic E-state index is -3.39. The maximum atomic E-state index is 13.5. The van der Waals surface area contributed by atoms with Crippen molar-refractivity contribution < 1.29 is 81.5 Å². The van der Waals surface area contributed by atoms with Crippen LogP contribution in [0.5, 0.6) is 46.0 Å². The first kappa shape index (κ1) is 89.3. The molecule has 0 saturated carbocycles. The van der Waals surface area contributed by atoms with E-state index in [1.807, 2.05) is 76.2 Å².